The fourth-order valence-corrected chi connectivity index (χ4v) is 4.35. The predicted molar refractivity (Wildman–Crippen MR) is 121 cm³/mol. The summed E-state index contributed by atoms with van der Waals surface area (Å²) in [4.78, 5) is 28.6. The SMILES string of the molecule is Cc1cc(N2CCN(CC(=O)Nc3ccc4c(c3)CCC(=O)N4)C[C@H]2C)ccc1Cl. The van der Waals surface area contributed by atoms with Crippen LogP contribution in [-0.4, -0.2) is 48.9 Å². The first-order valence-electron chi connectivity index (χ1n) is 10.4. The van der Waals surface area contributed by atoms with Crippen LogP contribution in [0.4, 0.5) is 17.1 Å². The Morgan fingerprint density at radius 1 is 1.20 bits per heavy atom. The number of aryl methyl sites for hydroxylation is 2. The minimum Gasteiger partial charge on any atom is -0.366 e. The molecule has 0 spiro atoms. The van der Waals surface area contributed by atoms with Gasteiger partial charge >= 0.3 is 0 Å². The van der Waals surface area contributed by atoms with Gasteiger partial charge in [0.2, 0.25) is 11.8 Å². The normalized spacial score (nSPS) is 19.2. The van der Waals surface area contributed by atoms with Crippen LogP contribution in [0.15, 0.2) is 36.4 Å². The molecule has 0 aromatic heterocycles. The zero-order valence-electron chi connectivity index (χ0n) is 17.4. The molecule has 158 valence electrons. The van der Waals surface area contributed by atoms with Gasteiger partial charge in [-0.25, -0.2) is 0 Å². The summed E-state index contributed by atoms with van der Waals surface area (Å²) in [5.41, 5.74) is 4.93. The summed E-state index contributed by atoms with van der Waals surface area (Å²) in [6, 6.07) is 12.1. The number of hydrogen-bond donors (Lipinski definition) is 2. The molecule has 6 nitrogen and oxygen atoms in total. The molecular formula is C23H27ClN4O2. The van der Waals surface area contributed by atoms with Gasteiger partial charge in [0.1, 0.15) is 0 Å². The standard InChI is InChI=1S/C23H27ClN4O2/c1-15-11-19(5-6-20(15)24)28-10-9-27(13-16(28)2)14-23(30)25-18-4-7-21-17(12-18)3-8-22(29)26-21/h4-7,11-12,16H,3,8-10,13-14H2,1-2H3,(H,25,30)(H,26,29)/t16-/m1/s1. The maximum atomic E-state index is 12.6. The van der Waals surface area contributed by atoms with Crippen molar-refractivity contribution >= 4 is 40.5 Å². The monoisotopic (exact) mass is 426 g/mol. The lowest BCUT2D eigenvalue weighted by Crippen LogP contribution is -2.53. The van der Waals surface area contributed by atoms with Crippen molar-refractivity contribution in [2.75, 3.05) is 41.7 Å². The molecule has 30 heavy (non-hydrogen) atoms. The molecule has 0 unspecified atom stereocenters. The number of carbonyl (C=O) groups excluding carboxylic acids is 2. The number of benzene rings is 2. The number of nitrogens with one attached hydrogen (secondary N) is 2. The van der Waals surface area contributed by atoms with Gasteiger partial charge in [-0.1, -0.05) is 11.6 Å². The van der Waals surface area contributed by atoms with Crippen LogP contribution in [0, 0.1) is 6.92 Å². The number of halogens is 1. The van der Waals surface area contributed by atoms with Gasteiger partial charge in [0.05, 0.1) is 6.54 Å². The number of anilines is 3. The van der Waals surface area contributed by atoms with E-state index in [-0.39, 0.29) is 11.8 Å². The third-order valence-corrected chi connectivity index (χ3v) is 6.26. The van der Waals surface area contributed by atoms with Gasteiger partial charge in [0.25, 0.3) is 0 Å². The van der Waals surface area contributed by atoms with Crippen molar-refractivity contribution in [1.82, 2.24) is 4.90 Å². The highest BCUT2D eigenvalue weighted by Crippen LogP contribution is 2.27. The third-order valence-electron chi connectivity index (χ3n) is 5.84. The number of carbonyl (C=O) groups is 2. The maximum Gasteiger partial charge on any atom is 0.238 e. The Balaban J connectivity index is 1.32. The molecule has 2 aromatic rings. The summed E-state index contributed by atoms with van der Waals surface area (Å²) in [5, 5.41) is 6.65. The minimum atomic E-state index is -0.0159. The molecule has 2 aliphatic rings. The lowest BCUT2D eigenvalue weighted by atomic mass is 10.0. The molecule has 0 saturated carbocycles. The van der Waals surface area contributed by atoms with Crippen LogP contribution in [0.1, 0.15) is 24.5 Å². The highest BCUT2D eigenvalue weighted by Gasteiger charge is 2.25. The molecule has 2 aliphatic heterocycles. The molecule has 2 heterocycles. The van der Waals surface area contributed by atoms with Crippen LogP contribution in [0.25, 0.3) is 0 Å². The summed E-state index contributed by atoms with van der Waals surface area (Å²) in [6.07, 6.45) is 1.19. The third kappa shape index (κ3) is 4.60. The average Bonchev–Trinajstić information content (AvgIpc) is 2.70. The summed E-state index contributed by atoms with van der Waals surface area (Å²) >= 11 is 6.16. The van der Waals surface area contributed by atoms with Crippen molar-refractivity contribution in [2.24, 2.45) is 0 Å². The number of nitrogens with zero attached hydrogens (tertiary/aromatic N) is 2. The smallest absolute Gasteiger partial charge is 0.238 e. The average molecular weight is 427 g/mol. The van der Waals surface area contributed by atoms with Crippen LogP contribution < -0.4 is 15.5 Å². The molecule has 1 fully saturated rings. The van der Waals surface area contributed by atoms with E-state index in [9.17, 15) is 9.59 Å². The molecule has 7 heteroatoms. The Morgan fingerprint density at radius 2 is 2.03 bits per heavy atom. The quantitative estimate of drug-likeness (QED) is 0.782. The van der Waals surface area contributed by atoms with Crippen molar-refractivity contribution in [3.05, 3.63) is 52.5 Å². The Kier molecular flexibility index (Phi) is 5.97. The van der Waals surface area contributed by atoms with E-state index in [1.54, 1.807) is 0 Å². The molecule has 2 N–H and O–H groups in total. The fourth-order valence-electron chi connectivity index (χ4n) is 4.23. The number of rotatable bonds is 4. The zero-order chi connectivity index (χ0) is 21.3. The van der Waals surface area contributed by atoms with Crippen molar-refractivity contribution in [3.63, 3.8) is 0 Å². The number of fused-ring (bicyclic) bond motifs is 1. The highest BCUT2D eigenvalue weighted by atomic mass is 35.5. The van der Waals surface area contributed by atoms with E-state index < -0.39 is 0 Å². The van der Waals surface area contributed by atoms with Crippen molar-refractivity contribution < 1.29 is 9.59 Å². The number of hydrogen-bond acceptors (Lipinski definition) is 4. The Bertz CT molecular complexity index is 978. The van der Waals surface area contributed by atoms with E-state index in [0.717, 1.165) is 47.2 Å². The van der Waals surface area contributed by atoms with Gasteiger partial charge in [0.15, 0.2) is 0 Å². The van der Waals surface area contributed by atoms with E-state index in [0.29, 0.717) is 25.4 Å². The highest BCUT2D eigenvalue weighted by molar-refractivity contribution is 6.31. The summed E-state index contributed by atoms with van der Waals surface area (Å²) in [7, 11) is 0. The number of amides is 2. The molecule has 0 aliphatic carbocycles. The first-order valence-corrected chi connectivity index (χ1v) is 10.7. The second kappa shape index (κ2) is 8.66. The zero-order valence-corrected chi connectivity index (χ0v) is 18.1. The largest absolute Gasteiger partial charge is 0.366 e. The van der Waals surface area contributed by atoms with Crippen LogP contribution in [-0.2, 0) is 16.0 Å². The molecule has 0 radical (unpaired) electrons. The van der Waals surface area contributed by atoms with Gasteiger partial charge in [-0.3, -0.25) is 14.5 Å². The van der Waals surface area contributed by atoms with Crippen molar-refractivity contribution in [1.29, 1.82) is 0 Å². The van der Waals surface area contributed by atoms with Crippen molar-refractivity contribution in [3.8, 4) is 0 Å². The molecule has 1 saturated heterocycles. The first-order chi connectivity index (χ1) is 14.4. The van der Waals surface area contributed by atoms with Gasteiger partial charge < -0.3 is 15.5 Å². The molecule has 4 rings (SSSR count). The van der Waals surface area contributed by atoms with Crippen LogP contribution >= 0.6 is 11.6 Å². The summed E-state index contributed by atoms with van der Waals surface area (Å²) in [5.74, 6) is 0.0269. The number of piperazine rings is 1. The minimum absolute atomic E-state index is 0.0159. The first kappa shape index (κ1) is 20.7. The van der Waals surface area contributed by atoms with E-state index in [1.165, 1.54) is 5.69 Å². The second-order valence-corrected chi connectivity index (χ2v) is 8.59. The van der Waals surface area contributed by atoms with E-state index in [4.69, 9.17) is 11.6 Å². The van der Waals surface area contributed by atoms with E-state index >= 15 is 0 Å². The molecule has 2 amide bonds. The van der Waals surface area contributed by atoms with Crippen molar-refractivity contribution in [2.45, 2.75) is 32.7 Å². The lowest BCUT2D eigenvalue weighted by Gasteiger charge is -2.41. The second-order valence-electron chi connectivity index (χ2n) is 8.18. The topological polar surface area (TPSA) is 64.7 Å². The van der Waals surface area contributed by atoms with Crippen LogP contribution in [0.3, 0.4) is 0 Å². The Morgan fingerprint density at radius 3 is 2.80 bits per heavy atom. The Labute approximate surface area is 182 Å². The lowest BCUT2D eigenvalue weighted by molar-refractivity contribution is -0.118. The van der Waals surface area contributed by atoms with Crippen LogP contribution in [0.2, 0.25) is 5.02 Å². The van der Waals surface area contributed by atoms with Gasteiger partial charge in [-0.15, -0.1) is 0 Å². The van der Waals surface area contributed by atoms with E-state index in [2.05, 4.69) is 39.5 Å². The van der Waals surface area contributed by atoms with Gasteiger partial charge in [-0.2, -0.15) is 0 Å². The fraction of sp³-hybridized carbons (Fsp3) is 0.391. The van der Waals surface area contributed by atoms with Gasteiger partial charge in [-0.05, 0) is 67.8 Å². The maximum absolute atomic E-state index is 12.6. The Hall–Kier alpha value is -2.57. The molecule has 1 atom stereocenters. The summed E-state index contributed by atoms with van der Waals surface area (Å²) < 4.78 is 0. The molecule has 2 aromatic carbocycles. The summed E-state index contributed by atoms with van der Waals surface area (Å²) in [6.45, 7) is 7.10. The van der Waals surface area contributed by atoms with E-state index in [1.807, 2.05) is 31.2 Å². The molecule has 0 bridgehead atoms. The van der Waals surface area contributed by atoms with Crippen LogP contribution in [0.5, 0.6) is 0 Å². The van der Waals surface area contributed by atoms with Gasteiger partial charge in [0, 0.05) is 54.2 Å². The predicted octanol–water partition coefficient (Wildman–Crippen LogP) is 3.68. The molecular weight excluding hydrogens is 400 g/mol.